The molecule has 7 heteroatoms. The summed E-state index contributed by atoms with van der Waals surface area (Å²) in [6.45, 7) is 2.04. The molecule has 2 aromatic carbocycles. The number of fused-ring (bicyclic) bond motifs is 1. The minimum Gasteiger partial charge on any atom is -0.420 e. The summed E-state index contributed by atoms with van der Waals surface area (Å²) in [6, 6.07) is 16.5. The molecule has 0 spiro atoms. The largest absolute Gasteiger partial charge is 0.420 e. The van der Waals surface area contributed by atoms with Gasteiger partial charge in [0.1, 0.15) is 17.5 Å². The molecular formula is C21H17FN4OS. The van der Waals surface area contributed by atoms with Crippen LogP contribution >= 0.6 is 11.8 Å². The van der Waals surface area contributed by atoms with Gasteiger partial charge in [0.25, 0.3) is 0 Å². The number of H-pyrrole nitrogens is 1. The lowest BCUT2D eigenvalue weighted by molar-refractivity contribution is 0.378. The molecule has 0 radical (unpaired) electrons. The summed E-state index contributed by atoms with van der Waals surface area (Å²) < 4.78 is 19.4. The van der Waals surface area contributed by atoms with E-state index in [0.29, 0.717) is 17.2 Å². The average Bonchev–Trinajstić information content (AvgIpc) is 3.08. The second-order valence-electron chi connectivity index (χ2n) is 6.50. The summed E-state index contributed by atoms with van der Waals surface area (Å²) in [5, 5.41) is 16.9. The van der Waals surface area contributed by atoms with Gasteiger partial charge in [-0.15, -0.1) is 16.9 Å². The summed E-state index contributed by atoms with van der Waals surface area (Å²) >= 11 is 1.64. The molecule has 0 fully saturated rings. The van der Waals surface area contributed by atoms with E-state index in [1.165, 1.54) is 17.7 Å². The highest BCUT2D eigenvalue weighted by Crippen LogP contribution is 2.44. The zero-order chi connectivity index (χ0) is 19.7. The van der Waals surface area contributed by atoms with E-state index in [1.807, 2.05) is 6.92 Å². The van der Waals surface area contributed by atoms with E-state index >= 15 is 0 Å². The molecule has 1 aliphatic heterocycles. The van der Waals surface area contributed by atoms with E-state index in [9.17, 15) is 9.65 Å². The number of nitrogens with one attached hydrogen (secondary N) is 1. The van der Waals surface area contributed by atoms with Gasteiger partial charge in [-0.05, 0) is 36.8 Å². The van der Waals surface area contributed by atoms with Crippen LogP contribution in [0, 0.1) is 24.1 Å². The molecule has 28 heavy (non-hydrogen) atoms. The molecular weight excluding hydrogens is 375 g/mol. The number of rotatable bonds is 4. The van der Waals surface area contributed by atoms with Crippen molar-refractivity contribution in [3.8, 4) is 11.9 Å². The number of aromatic nitrogens is 2. The van der Waals surface area contributed by atoms with Crippen LogP contribution in [0.1, 0.15) is 28.3 Å². The predicted octanol–water partition coefficient (Wildman–Crippen LogP) is 4.37. The van der Waals surface area contributed by atoms with Crippen LogP contribution in [0.2, 0.25) is 0 Å². The van der Waals surface area contributed by atoms with Crippen molar-refractivity contribution in [2.75, 3.05) is 0 Å². The third-order valence-electron chi connectivity index (χ3n) is 4.60. The van der Waals surface area contributed by atoms with Gasteiger partial charge in [0.2, 0.25) is 11.8 Å². The Bertz CT molecular complexity index is 1100. The van der Waals surface area contributed by atoms with Crippen LogP contribution in [0.4, 0.5) is 4.39 Å². The first-order chi connectivity index (χ1) is 13.6. The molecule has 4 rings (SSSR count). The Morgan fingerprint density at radius 2 is 2.07 bits per heavy atom. The Balaban J connectivity index is 1.73. The first-order valence-electron chi connectivity index (χ1n) is 8.66. The van der Waals surface area contributed by atoms with Gasteiger partial charge in [0.05, 0.1) is 17.2 Å². The van der Waals surface area contributed by atoms with Gasteiger partial charge in [-0.2, -0.15) is 5.26 Å². The van der Waals surface area contributed by atoms with E-state index in [4.69, 9.17) is 10.5 Å². The zero-order valence-electron chi connectivity index (χ0n) is 15.1. The van der Waals surface area contributed by atoms with Gasteiger partial charge in [0, 0.05) is 10.6 Å². The number of aryl methyl sites for hydroxylation is 1. The van der Waals surface area contributed by atoms with Gasteiger partial charge >= 0.3 is 0 Å². The lowest BCUT2D eigenvalue weighted by Crippen LogP contribution is -2.21. The van der Waals surface area contributed by atoms with Gasteiger partial charge < -0.3 is 10.5 Å². The molecule has 3 N–H and O–H groups in total. The van der Waals surface area contributed by atoms with Crippen LogP contribution < -0.4 is 10.5 Å². The van der Waals surface area contributed by atoms with E-state index < -0.39 is 5.92 Å². The van der Waals surface area contributed by atoms with E-state index in [1.54, 1.807) is 23.9 Å². The molecule has 0 bridgehead atoms. The summed E-state index contributed by atoms with van der Waals surface area (Å²) in [6.07, 6.45) is 0. The number of benzene rings is 2. The monoisotopic (exact) mass is 392 g/mol. The quantitative estimate of drug-likeness (QED) is 0.644. The van der Waals surface area contributed by atoms with Crippen molar-refractivity contribution < 1.29 is 9.13 Å². The summed E-state index contributed by atoms with van der Waals surface area (Å²) in [5.74, 6) is 0.00943. The normalized spacial score (nSPS) is 15.7. The molecule has 5 nitrogen and oxygen atoms in total. The number of nitriles is 1. The number of hydrogen-bond acceptors (Lipinski definition) is 5. The van der Waals surface area contributed by atoms with Gasteiger partial charge in [-0.25, -0.2) is 4.39 Å². The molecule has 0 amide bonds. The highest BCUT2D eigenvalue weighted by atomic mass is 32.2. The fourth-order valence-corrected chi connectivity index (χ4v) is 4.09. The van der Waals surface area contributed by atoms with E-state index in [2.05, 4.69) is 40.5 Å². The minimum absolute atomic E-state index is 0.00602. The Morgan fingerprint density at radius 1 is 1.29 bits per heavy atom. The molecule has 2 heterocycles. The van der Waals surface area contributed by atoms with Gasteiger partial charge in [-0.3, -0.25) is 5.10 Å². The van der Waals surface area contributed by atoms with Crippen LogP contribution in [0.3, 0.4) is 0 Å². The minimum atomic E-state index is -0.531. The highest BCUT2D eigenvalue weighted by Gasteiger charge is 2.35. The molecule has 1 aliphatic rings. The number of thioether (sulfide) groups is 1. The highest BCUT2D eigenvalue weighted by molar-refractivity contribution is 7.98. The SMILES string of the molecule is Cc1ccc(SCc2[nH]nc3c2[C@H](c2cccc(F)c2)C(C#N)=C(N)O3)cc1. The van der Waals surface area contributed by atoms with Crippen molar-refractivity contribution >= 4 is 11.8 Å². The predicted molar refractivity (Wildman–Crippen MR) is 105 cm³/mol. The van der Waals surface area contributed by atoms with Crippen molar-refractivity contribution in [2.45, 2.75) is 23.5 Å². The number of hydrogen-bond donors (Lipinski definition) is 2. The van der Waals surface area contributed by atoms with Crippen LogP contribution in [-0.4, -0.2) is 10.2 Å². The summed E-state index contributed by atoms with van der Waals surface area (Å²) in [7, 11) is 0. The second-order valence-corrected chi connectivity index (χ2v) is 7.55. The number of nitrogens with two attached hydrogens (primary N) is 1. The molecule has 1 aromatic heterocycles. The van der Waals surface area contributed by atoms with Crippen LogP contribution in [-0.2, 0) is 5.75 Å². The molecule has 140 valence electrons. The average molecular weight is 392 g/mol. The third-order valence-corrected chi connectivity index (χ3v) is 5.64. The number of aromatic amines is 1. The first-order valence-corrected chi connectivity index (χ1v) is 9.65. The standard InChI is InChI=1S/C21H17FN4OS/c1-12-5-7-15(8-6-12)28-11-17-19-18(13-3-2-4-14(22)9-13)16(10-23)20(24)27-21(19)26-25-17/h2-9,18H,11,24H2,1H3,(H,25,26)/t18-/m1/s1. The number of allylic oxidation sites excluding steroid dienone is 1. The third kappa shape index (κ3) is 3.35. The molecule has 1 atom stereocenters. The lowest BCUT2D eigenvalue weighted by Gasteiger charge is -2.24. The van der Waals surface area contributed by atoms with Crippen LogP contribution in [0.15, 0.2) is 64.9 Å². The Hall–Kier alpha value is -3.24. The molecule has 3 aromatic rings. The summed E-state index contributed by atoms with van der Waals surface area (Å²) in [5.41, 5.74) is 9.55. The van der Waals surface area contributed by atoms with Crippen molar-refractivity contribution in [1.29, 1.82) is 5.26 Å². The van der Waals surface area contributed by atoms with Crippen molar-refractivity contribution in [3.63, 3.8) is 0 Å². The summed E-state index contributed by atoms with van der Waals surface area (Å²) in [4.78, 5) is 1.11. The fourth-order valence-electron chi connectivity index (χ4n) is 3.23. The molecule has 0 aliphatic carbocycles. The topological polar surface area (TPSA) is 87.7 Å². The smallest absolute Gasteiger partial charge is 0.244 e. The van der Waals surface area contributed by atoms with Crippen molar-refractivity contribution in [3.05, 3.63) is 88.2 Å². The maximum absolute atomic E-state index is 13.9. The van der Waals surface area contributed by atoms with E-state index in [-0.39, 0.29) is 17.3 Å². The number of ether oxygens (including phenoxy) is 1. The maximum Gasteiger partial charge on any atom is 0.244 e. The maximum atomic E-state index is 13.9. The molecule has 0 unspecified atom stereocenters. The van der Waals surface area contributed by atoms with Crippen LogP contribution in [0.5, 0.6) is 5.88 Å². The van der Waals surface area contributed by atoms with Gasteiger partial charge in [0.15, 0.2) is 0 Å². The first kappa shape index (κ1) is 18.1. The molecule has 0 saturated heterocycles. The number of halogens is 1. The number of nitrogens with zero attached hydrogens (tertiary/aromatic N) is 2. The molecule has 0 saturated carbocycles. The van der Waals surface area contributed by atoms with Crippen molar-refractivity contribution in [2.24, 2.45) is 5.73 Å². The Morgan fingerprint density at radius 3 is 2.79 bits per heavy atom. The second kappa shape index (κ2) is 7.41. The zero-order valence-corrected chi connectivity index (χ0v) is 15.9. The van der Waals surface area contributed by atoms with Gasteiger partial charge in [-0.1, -0.05) is 29.8 Å². The van der Waals surface area contributed by atoms with Crippen molar-refractivity contribution in [1.82, 2.24) is 10.2 Å². The Labute approximate surface area is 166 Å². The van der Waals surface area contributed by atoms with E-state index in [0.717, 1.165) is 16.2 Å². The lowest BCUT2D eigenvalue weighted by atomic mass is 9.84. The van der Waals surface area contributed by atoms with Crippen LogP contribution in [0.25, 0.3) is 0 Å². The fraction of sp³-hybridized carbons (Fsp3) is 0.143. The Kier molecular flexibility index (Phi) is 4.80.